The van der Waals surface area contributed by atoms with Crippen molar-refractivity contribution in [1.82, 2.24) is 57.7 Å². The van der Waals surface area contributed by atoms with Gasteiger partial charge in [0.05, 0.1) is 82.6 Å². The summed E-state index contributed by atoms with van der Waals surface area (Å²) >= 11 is 12.9. The van der Waals surface area contributed by atoms with Gasteiger partial charge < -0.3 is 20.9 Å². The van der Waals surface area contributed by atoms with Crippen LogP contribution in [0.3, 0.4) is 0 Å². The second-order valence-corrected chi connectivity index (χ2v) is 36.4. The zero-order valence-corrected chi connectivity index (χ0v) is 65.5. The van der Waals surface area contributed by atoms with Crippen LogP contribution in [0.15, 0.2) is 126 Å². The molecule has 604 valence electrons. The van der Waals surface area contributed by atoms with E-state index in [0.717, 1.165) is 66.2 Å². The summed E-state index contributed by atoms with van der Waals surface area (Å²) in [6.45, 7) is 11.5. The van der Waals surface area contributed by atoms with Gasteiger partial charge in [0.1, 0.15) is 31.7 Å². The van der Waals surface area contributed by atoms with Crippen molar-refractivity contribution >= 4 is 78.9 Å². The van der Waals surface area contributed by atoms with Crippen molar-refractivity contribution in [2.75, 3.05) is 19.5 Å². The molecule has 0 saturated heterocycles. The van der Waals surface area contributed by atoms with Crippen molar-refractivity contribution in [3.05, 3.63) is 166 Å². The second kappa shape index (κ2) is 29.9. The number of hydrogen-bond acceptors (Lipinski definition) is 20. The lowest BCUT2D eigenvalue weighted by Gasteiger charge is -2.35. The maximum Gasteiger partial charge on any atom is 0.306 e. The molecule has 26 nitrogen and oxygen atoms in total. The van der Waals surface area contributed by atoms with Crippen molar-refractivity contribution in [3.8, 4) is 33.6 Å². The third-order valence-corrected chi connectivity index (χ3v) is 24.2. The van der Waals surface area contributed by atoms with Crippen LogP contribution in [0.1, 0.15) is 178 Å². The van der Waals surface area contributed by atoms with E-state index in [9.17, 15) is 66.3 Å². The molecule has 6 heterocycles. The van der Waals surface area contributed by atoms with Crippen LogP contribution in [0, 0.1) is 27.5 Å². The summed E-state index contributed by atoms with van der Waals surface area (Å²) in [6.07, 6.45) is 2.44. The summed E-state index contributed by atoms with van der Waals surface area (Å²) in [5.74, 6) is -12.4. The van der Waals surface area contributed by atoms with Crippen LogP contribution in [0.4, 0.5) is 39.5 Å². The van der Waals surface area contributed by atoms with Crippen LogP contribution >= 0.6 is 23.2 Å². The van der Waals surface area contributed by atoms with E-state index >= 15 is 9.18 Å². The minimum Gasteiger partial charge on any atom is -0.463 e. The summed E-state index contributed by atoms with van der Waals surface area (Å²) in [6, 6.07) is 16.5. The number of guanidine groups is 2. The highest BCUT2D eigenvalue weighted by molar-refractivity contribution is 7.90. The molecule has 4 atom stereocenters. The molecule has 4 aromatic carbocycles. The van der Waals surface area contributed by atoms with Gasteiger partial charge in [-0.3, -0.25) is 29.0 Å². The van der Waals surface area contributed by atoms with Crippen LogP contribution in [0.5, 0.6) is 0 Å². The summed E-state index contributed by atoms with van der Waals surface area (Å²) in [4.78, 5) is 75.2. The van der Waals surface area contributed by atoms with Gasteiger partial charge in [0.15, 0.2) is 34.6 Å². The molecule has 0 spiro atoms. The van der Waals surface area contributed by atoms with E-state index < -0.39 is 162 Å². The van der Waals surface area contributed by atoms with E-state index in [0.29, 0.717) is 29.5 Å². The standard InChI is InChI=1S/C38H40ClF5N8O5S.C36H39ClF4N8O5S/c1-35(2,3)19-38(23-6-9-25(27(40)14-23)22-16-47-50(17-22)58(55,56)24-7-8-24)33(54)51(34(45)49-38)29(18-57-30(53)15-37(11-12-37)36(4,43)44)21-5-10-26(39)28(13-21)52-32(31(41)42)46-20-48-52;1-33(2,3)19-36(24-9-6-21(7-10-24)23-16-44-47(17-23)55(5,52)53)31(51)48(32(42)46-36)27(18-54-28(50)15-35(12-13-35)34(4,40)41)22-8-11-25(37)26(14-22)49-30(29(38)39)43-20-45-49/h5-6,9-10,13-14,16-17,20,24,29,31H,7-8,11-12,15,18-19H2,1-4H3,(H2,45,49);6-11,14,16-17,20,27,29H,12-13,15,18-19H2,1-5H3,(H2,42,46)/t29-,38-;27-,36-/m11/s1. The summed E-state index contributed by atoms with van der Waals surface area (Å²) < 4.78 is 193. The zero-order chi connectivity index (χ0) is 82.5. The fourth-order valence-corrected chi connectivity index (χ4v) is 16.7. The number of halogens is 11. The number of esters is 2. The molecule has 2 amide bonds. The molecule has 0 bridgehead atoms. The molecule has 5 aliphatic rings. The number of rotatable bonds is 27. The Morgan fingerprint density at radius 3 is 1.38 bits per heavy atom. The quantitative estimate of drug-likeness (QED) is 0.0357. The highest BCUT2D eigenvalue weighted by Crippen LogP contribution is 2.61. The number of ether oxygens (including phenoxy) is 2. The number of carbonyl (C=O) groups excluding carboxylic acids is 4. The summed E-state index contributed by atoms with van der Waals surface area (Å²) in [5, 5.41) is 15.1. The van der Waals surface area contributed by atoms with Gasteiger partial charge in [0, 0.05) is 27.5 Å². The van der Waals surface area contributed by atoms with E-state index in [2.05, 4.69) is 35.4 Å². The number of nitrogens with zero attached hydrogens (tertiary/aromatic N) is 14. The third kappa shape index (κ3) is 16.7. The first-order valence-electron chi connectivity index (χ1n) is 35.5. The Balaban J connectivity index is 0.000000210. The summed E-state index contributed by atoms with van der Waals surface area (Å²) in [5.41, 5.74) is 7.51. The van der Waals surface area contributed by atoms with E-state index in [4.69, 9.17) is 49.1 Å². The molecule has 0 unspecified atom stereocenters. The van der Waals surface area contributed by atoms with Crippen molar-refractivity contribution in [2.24, 2.45) is 43.1 Å². The molecule has 3 fully saturated rings. The molecular formula is C74H79Cl2F9N16O10S2. The number of aliphatic imine (C=N–C) groups is 2. The SMILES string of the molecule is CC(C)(C)C[C@]1(c2ccc(-c3cnn(S(=O)(=O)C4CC4)c3)c(F)c2)N=C(N)N([C@H](COC(=O)CC2(C(C)(F)F)CC2)c2ccc(Cl)c(-n3ncnc3C(F)F)c2)C1=O.CC(C)(C)C[C@]1(c2ccc(-c3cnn(S(C)(=O)=O)c3)cc2)N=C(N)N([C@H](COC(=O)CC2(C(C)(F)F)CC2)c2ccc(Cl)c(-n3ncnc3C(F)F)c2)C1=O. The minimum atomic E-state index is -3.73. The molecule has 113 heavy (non-hydrogen) atoms. The highest BCUT2D eigenvalue weighted by atomic mass is 35.5. The predicted molar refractivity (Wildman–Crippen MR) is 395 cm³/mol. The van der Waals surface area contributed by atoms with E-state index in [1.54, 1.807) is 24.3 Å². The van der Waals surface area contributed by atoms with Gasteiger partial charge >= 0.3 is 11.9 Å². The second-order valence-electron chi connectivity index (χ2n) is 31.6. The van der Waals surface area contributed by atoms with Crippen molar-refractivity contribution in [1.29, 1.82) is 0 Å². The number of aromatic nitrogens is 10. The van der Waals surface area contributed by atoms with Crippen LogP contribution in [0.2, 0.25) is 10.0 Å². The smallest absolute Gasteiger partial charge is 0.306 e. The average Bonchev–Trinajstić information content (AvgIpc) is 1.61. The fourth-order valence-electron chi connectivity index (χ4n) is 14.3. The maximum absolute atomic E-state index is 16.2. The maximum atomic E-state index is 16.2. The first kappa shape index (κ1) is 82.7. The van der Waals surface area contributed by atoms with Gasteiger partial charge in [0.2, 0.25) is 0 Å². The van der Waals surface area contributed by atoms with Gasteiger partial charge in [-0.15, -0.1) is 0 Å². The monoisotopic (exact) mass is 1660 g/mol. The Bertz CT molecular complexity index is 5330. The Kier molecular flexibility index (Phi) is 21.9. The van der Waals surface area contributed by atoms with Crippen LogP contribution in [0.25, 0.3) is 33.6 Å². The lowest BCUT2D eigenvalue weighted by molar-refractivity contribution is -0.153. The Labute approximate surface area is 653 Å². The molecule has 0 radical (unpaired) electrons. The highest BCUT2D eigenvalue weighted by Gasteiger charge is 2.62. The van der Waals surface area contributed by atoms with Crippen LogP contribution in [-0.2, 0) is 59.8 Å². The van der Waals surface area contributed by atoms with Crippen LogP contribution in [-0.4, -0.2) is 147 Å². The number of alkyl halides is 8. The van der Waals surface area contributed by atoms with Gasteiger partial charge in [-0.1, -0.05) is 113 Å². The van der Waals surface area contributed by atoms with Gasteiger partial charge in [-0.05, 0) is 134 Å². The van der Waals surface area contributed by atoms with Crippen molar-refractivity contribution in [3.63, 3.8) is 0 Å². The van der Waals surface area contributed by atoms with E-state index in [-0.39, 0.29) is 99.7 Å². The molecule has 3 aliphatic carbocycles. The number of amides is 2. The lowest BCUT2D eigenvalue weighted by atomic mass is 9.75. The minimum absolute atomic E-state index is 0.00591. The number of benzene rings is 4. The predicted octanol–water partition coefficient (Wildman–Crippen LogP) is 13.5. The van der Waals surface area contributed by atoms with Gasteiger partial charge in [0.25, 0.3) is 56.6 Å². The molecule has 8 aromatic rings. The molecule has 2 aliphatic heterocycles. The topological polar surface area (TPSA) is 335 Å². The summed E-state index contributed by atoms with van der Waals surface area (Å²) in [7, 11) is -7.36. The molecule has 3 saturated carbocycles. The molecule has 4 N–H and O–H groups in total. The van der Waals surface area contributed by atoms with Gasteiger partial charge in [-0.2, -0.15) is 28.6 Å². The fraction of sp³-hybridized carbons (Fsp3) is 0.459. The number of hydrogen-bond donors (Lipinski definition) is 2. The van der Waals surface area contributed by atoms with Crippen molar-refractivity contribution in [2.45, 2.75) is 173 Å². The number of nitrogens with two attached hydrogens (primary N) is 2. The Morgan fingerprint density at radius 2 is 0.991 bits per heavy atom. The molecule has 4 aromatic heterocycles. The number of carbonyl (C=O) groups is 4. The van der Waals surface area contributed by atoms with Crippen molar-refractivity contribution < 1.29 is 85.0 Å². The Morgan fingerprint density at radius 1 is 0.575 bits per heavy atom. The van der Waals surface area contributed by atoms with Crippen LogP contribution < -0.4 is 11.5 Å². The van der Waals surface area contributed by atoms with Gasteiger partial charge in [-0.25, -0.2) is 85.7 Å². The van der Waals surface area contributed by atoms with E-state index in [1.165, 1.54) is 73.3 Å². The normalized spacial score (nSPS) is 19.6. The van der Waals surface area contributed by atoms with E-state index in [1.807, 2.05) is 41.5 Å². The first-order valence-corrected chi connectivity index (χ1v) is 39.6. The average molecular weight is 1660 g/mol. The first-order chi connectivity index (χ1) is 52.6. The molecular weight excluding hydrogens is 1580 g/mol. The lowest BCUT2D eigenvalue weighted by Crippen LogP contribution is -2.47. The Hall–Kier alpha value is -9.75. The third-order valence-electron chi connectivity index (χ3n) is 20.6. The largest absolute Gasteiger partial charge is 0.463 e. The zero-order valence-electron chi connectivity index (χ0n) is 62.3. The molecule has 13 rings (SSSR count). The molecule has 39 heteroatoms.